The van der Waals surface area contributed by atoms with Crippen LogP contribution in [0.2, 0.25) is 0 Å². The Morgan fingerprint density at radius 2 is 1.93 bits per heavy atom. The first-order chi connectivity index (χ1) is 7.20. The van der Waals surface area contributed by atoms with Gasteiger partial charge in [0.1, 0.15) is 5.78 Å². The summed E-state index contributed by atoms with van der Waals surface area (Å²) >= 11 is 1.79. The van der Waals surface area contributed by atoms with Crippen molar-refractivity contribution in [3.05, 3.63) is 0 Å². The van der Waals surface area contributed by atoms with Gasteiger partial charge >= 0.3 is 0 Å². The van der Waals surface area contributed by atoms with Crippen LogP contribution >= 0.6 is 11.8 Å². The first-order valence-corrected chi connectivity index (χ1v) is 7.11. The number of nitrogens with zero attached hydrogens (tertiary/aromatic N) is 1. The summed E-state index contributed by atoms with van der Waals surface area (Å²) in [5.41, 5.74) is 0. The molecule has 1 saturated carbocycles. The van der Waals surface area contributed by atoms with Gasteiger partial charge in [0.15, 0.2) is 0 Å². The van der Waals surface area contributed by atoms with Gasteiger partial charge in [-0.15, -0.1) is 0 Å². The van der Waals surface area contributed by atoms with E-state index in [4.69, 9.17) is 0 Å². The molecule has 0 aliphatic heterocycles. The van der Waals surface area contributed by atoms with E-state index in [0.29, 0.717) is 11.7 Å². The highest BCUT2D eigenvalue weighted by molar-refractivity contribution is 7.99. The number of Topliss-reactive ketones (excluding diaryl/α,β-unsaturated/α-hetero) is 1. The molecule has 88 valence electrons. The molecule has 1 aliphatic rings. The van der Waals surface area contributed by atoms with Gasteiger partial charge in [-0.25, -0.2) is 0 Å². The van der Waals surface area contributed by atoms with Gasteiger partial charge in [0.05, 0.1) is 5.75 Å². The Morgan fingerprint density at radius 1 is 1.27 bits per heavy atom. The third-order valence-electron chi connectivity index (χ3n) is 2.99. The maximum Gasteiger partial charge on any atom is 0.145 e. The third-order valence-corrected chi connectivity index (χ3v) is 3.95. The predicted octanol–water partition coefficient (Wildman–Crippen LogP) is 2.43. The lowest BCUT2D eigenvalue weighted by Crippen LogP contribution is -2.21. The molecule has 0 bridgehead atoms. The molecule has 2 nitrogen and oxygen atoms in total. The van der Waals surface area contributed by atoms with Gasteiger partial charge in [0, 0.05) is 18.2 Å². The molecule has 0 aromatic carbocycles. The zero-order chi connectivity index (χ0) is 11.1. The van der Waals surface area contributed by atoms with Gasteiger partial charge < -0.3 is 4.90 Å². The van der Waals surface area contributed by atoms with Crippen LogP contribution in [0.3, 0.4) is 0 Å². The zero-order valence-electron chi connectivity index (χ0n) is 10.00. The molecular weight excluding hydrogens is 206 g/mol. The van der Waals surface area contributed by atoms with Crippen molar-refractivity contribution in [1.29, 1.82) is 0 Å². The largest absolute Gasteiger partial charge is 0.309 e. The summed E-state index contributed by atoms with van der Waals surface area (Å²) in [5, 5.41) is 0. The van der Waals surface area contributed by atoms with Gasteiger partial charge in [0.2, 0.25) is 0 Å². The van der Waals surface area contributed by atoms with Crippen LogP contribution in [0.4, 0.5) is 0 Å². The summed E-state index contributed by atoms with van der Waals surface area (Å²) in [6.45, 7) is 1.07. The maximum atomic E-state index is 11.8. The molecule has 15 heavy (non-hydrogen) atoms. The highest BCUT2D eigenvalue weighted by Gasteiger charge is 2.20. The topological polar surface area (TPSA) is 20.3 Å². The molecule has 0 unspecified atom stereocenters. The Balaban J connectivity index is 2.07. The van der Waals surface area contributed by atoms with Crippen LogP contribution in [0, 0.1) is 5.92 Å². The molecule has 0 radical (unpaired) electrons. The molecule has 0 saturated heterocycles. The molecule has 1 fully saturated rings. The van der Waals surface area contributed by atoms with Gasteiger partial charge in [-0.2, -0.15) is 11.8 Å². The standard InChI is InChI=1S/C12H23NOS/c1-13(2)8-9-15-10-12(14)11-6-4-3-5-7-11/h11H,3-10H2,1-2H3. The second-order valence-corrected chi connectivity index (χ2v) is 5.76. The number of hydrogen-bond donors (Lipinski definition) is 0. The predicted molar refractivity (Wildman–Crippen MR) is 67.5 cm³/mol. The number of hydrogen-bond acceptors (Lipinski definition) is 3. The number of rotatable bonds is 6. The van der Waals surface area contributed by atoms with E-state index in [1.807, 2.05) is 0 Å². The first kappa shape index (κ1) is 13.0. The van der Waals surface area contributed by atoms with Gasteiger partial charge in [-0.1, -0.05) is 19.3 Å². The lowest BCUT2D eigenvalue weighted by molar-refractivity contribution is -0.121. The third kappa shape index (κ3) is 5.57. The van der Waals surface area contributed by atoms with E-state index >= 15 is 0 Å². The smallest absolute Gasteiger partial charge is 0.145 e. The summed E-state index contributed by atoms with van der Waals surface area (Å²) < 4.78 is 0. The van der Waals surface area contributed by atoms with Gasteiger partial charge in [-0.3, -0.25) is 4.79 Å². The van der Waals surface area contributed by atoms with Crippen LogP contribution < -0.4 is 0 Å². The Labute approximate surface area is 97.8 Å². The van der Waals surface area contributed by atoms with Gasteiger partial charge in [0.25, 0.3) is 0 Å². The fourth-order valence-electron chi connectivity index (χ4n) is 1.96. The molecule has 1 aliphatic carbocycles. The fraction of sp³-hybridized carbons (Fsp3) is 0.917. The summed E-state index contributed by atoms with van der Waals surface area (Å²) in [7, 11) is 4.15. The van der Waals surface area contributed by atoms with Crippen molar-refractivity contribution in [3.63, 3.8) is 0 Å². The summed E-state index contributed by atoms with van der Waals surface area (Å²) in [4.78, 5) is 14.0. The van der Waals surface area contributed by atoms with Crippen LogP contribution in [-0.2, 0) is 4.79 Å². The normalized spacial score (nSPS) is 18.3. The molecule has 0 aromatic rings. The summed E-state index contributed by atoms with van der Waals surface area (Å²) in [5.74, 6) is 2.70. The Morgan fingerprint density at radius 3 is 2.53 bits per heavy atom. The van der Waals surface area contributed by atoms with Crippen LogP contribution in [0.1, 0.15) is 32.1 Å². The van der Waals surface area contributed by atoms with Crippen molar-refractivity contribution < 1.29 is 4.79 Å². The Kier molecular flexibility index (Phi) is 6.34. The molecule has 0 spiro atoms. The molecule has 3 heteroatoms. The molecule has 0 heterocycles. The maximum absolute atomic E-state index is 11.8. The van der Waals surface area contributed by atoms with Crippen molar-refractivity contribution in [3.8, 4) is 0 Å². The van der Waals surface area contributed by atoms with E-state index in [2.05, 4.69) is 19.0 Å². The Hall–Kier alpha value is -0.0200. The average Bonchev–Trinajstić information content (AvgIpc) is 2.25. The highest BCUT2D eigenvalue weighted by Crippen LogP contribution is 2.25. The van der Waals surface area contributed by atoms with Crippen molar-refractivity contribution in [2.75, 3.05) is 32.1 Å². The minimum atomic E-state index is 0.394. The number of ketones is 1. The van der Waals surface area contributed by atoms with E-state index in [1.165, 1.54) is 19.3 Å². The molecule has 1 rings (SSSR count). The second kappa shape index (κ2) is 7.29. The zero-order valence-corrected chi connectivity index (χ0v) is 10.8. The van der Waals surface area contributed by atoms with Crippen molar-refractivity contribution in [2.24, 2.45) is 5.92 Å². The number of carbonyl (C=O) groups is 1. The summed E-state index contributed by atoms with van der Waals surface area (Å²) in [6, 6.07) is 0. The second-order valence-electron chi connectivity index (χ2n) is 4.66. The highest BCUT2D eigenvalue weighted by atomic mass is 32.2. The van der Waals surface area contributed by atoms with E-state index in [1.54, 1.807) is 11.8 Å². The van der Waals surface area contributed by atoms with E-state index in [-0.39, 0.29) is 0 Å². The number of thioether (sulfide) groups is 1. The van der Waals surface area contributed by atoms with Crippen molar-refractivity contribution in [2.45, 2.75) is 32.1 Å². The minimum absolute atomic E-state index is 0.394. The number of carbonyl (C=O) groups excluding carboxylic acids is 1. The first-order valence-electron chi connectivity index (χ1n) is 5.95. The van der Waals surface area contributed by atoms with Crippen LogP contribution in [0.15, 0.2) is 0 Å². The molecule has 0 amide bonds. The quantitative estimate of drug-likeness (QED) is 0.653. The van der Waals surface area contributed by atoms with E-state index in [0.717, 1.165) is 30.9 Å². The SMILES string of the molecule is CN(C)CCSCC(=O)C1CCCCC1. The fourth-order valence-corrected chi connectivity index (χ4v) is 3.04. The molecular formula is C12H23NOS. The van der Waals surface area contributed by atoms with Crippen molar-refractivity contribution in [1.82, 2.24) is 4.90 Å². The van der Waals surface area contributed by atoms with E-state index < -0.39 is 0 Å². The average molecular weight is 229 g/mol. The monoisotopic (exact) mass is 229 g/mol. The van der Waals surface area contributed by atoms with E-state index in [9.17, 15) is 4.79 Å². The lowest BCUT2D eigenvalue weighted by Gasteiger charge is -2.20. The van der Waals surface area contributed by atoms with Crippen LogP contribution in [-0.4, -0.2) is 42.8 Å². The van der Waals surface area contributed by atoms with Crippen LogP contribution in [0.5, 0.6) is 0 Å². The lowest BCUT2D eigenvalue weighted by atomic mass is 9.87. The van der Waals surface area contributed by atoms with Crippen LogP contribution in [0.25, 0.3) is 0 Å². The Bertz CT molecular complexity index is 188. The molecule has 0 atom stereocenters. The minimum Gasteiger partial charge on any atom is -0.309 e. The van der Waals surface area contributed by atoms with Crippen molar-refractivity contribution >= 4 is 17.5 Å². The summed E-state index contributed by atoms with van der Waals surface area (Å²) in [6.07, 6.45) is 6.15. The molecule has 0 N–H and O–H groups in total. The van der Waals surface area contributed by atoms with Gasteiger partial charge in [-0.05, 0) is 26.9 Å². The molecule has 0 aromatic heterocycles.